The molecule has 3 aliphatic heterocycles. The SMILES string of the molecule is C=CC(=O)Nc1cccc(Nc2nc3c(c(Nc4ccc(N5CCN(C6COC6)C[C@H]5C)cc4)n2)C(=O)NC3)c1. The standard InChI is InChI=1S/C29H32N8O3/c1-3-25(38)31-20-5-4-6-21(13-20)33-29-34-24-14-30-28(39)26(24)27(35-29)32-19-7-9-22(10-8-19)37-12-11-36(15-18(37)2)23-16-40-17-23/h3-10,13,18,23H,1,11-12,14-17H2,2H3,(H,30,39)(H,31,38)(H2,32,33,34,35)/t18-/m1/s1. The predicted molar refractivity (Wildman–Crippen MR) is 154 cm³/mol. The maximum atomic E-state index is 12.6. The number of aromatic nitrogens is 2. The molecule has 4 N–H and O–H groups in total. The second kappa shape index (κ2) is 10.9. The molecule has 1 atom stereocenters. The molecule has 2 saturated heterocycles. The first kappa shape index (κ1) is 25.8. The third kappa shape index (κ3) is 5.33. The smallest absolute Gasteiger partial charge is 0.257 e. The fraction of sp³-hybridized carbons (Fsp3) is 0.310. The normalized spacial score (nSPS) is 18.9. The molecule has 3 aliphatic rings. The van der Waals surface area contributed by atoms with Crippen LogP contribution in [0.1, 0.15) is 23.0 Å². The van der Waals surface area contributed by atoms with E-state index in [0.29, 0.717) is 53.0 Å². The Bertz CT molecular complexity index is 1440. The van der Waals surface area contributed by atoms with Gasteiger partial charge in [-0.3, -0.25) is 14.5 Å². The van der Waals surface area contributed by atoms with E-state index in [4.69, 9.17) is 4.74 Å². The van der Waals surface area contributed by atoms with Crippen LogP contribution in [0.4, 0.5) is 34.5 Å². The molecule has 0 unspecified atom stereocenters. The molecular weight excluding hydrogens is 508 g/mol. The van der Waals surface area contributed by atoms with Gasteiger partial charge in [0, 0.05) is 48.4 Å². The largest absolute Gasteiger partial charge is 0.378 e. The maximum absolute atomic E-state index is 12.6. The third-order valence-electron chi connectivity index (χ3n) is 7.46. The van der Waals surface area contributed by atoms with Crippen LogP contribution in [-0.4, -0.2) is 71.6 Å². The average molecular weight is 541 g/mol. The van der Waals surface area contributed by atoms with E-state index in [-0.39, 0.29) is 11.8 Å². The first-order valence-electron chi connectivity index (χ1n) is 13.4. The number of hydrogen-bond donors (Lipinski definition) is 4. The summed E-state index contributed by atoms with van der Waals surface area (Å²) in [5, 5.41) is 12.1. The Morgan fingerprint density at radius 3 is 2.60 bits per heavy atom. The topological polar surface area (TPSA) is 124 Å². The van der Waals surface area contributed by atoms with E-state index in [1.165, 1.54) is 11.8 Å². The van der Waals surface area contributed by atoms with Gasteiger partial charge in [-0.2, -0.15) is 4.98 Å². The number of rotatable bonds is 8. The lowest BCUT2D eigenvalue weighted by atomic mass is 10.1. The number of benzene rings is 2. The summed E-state index contributed by atoms with van der Waals surface area (Å²) in [7, 11) is 0. The zero-order valence-corrected chi connectivity index (χ0v) is 22.3. The van der Waals surface area contributed by atoms with Crippen molar-refractivity contribution in [3.8, 4) is 0 Å². The highest BCUT2D eigenvalue weighted by Crippen LogP contribution is 2.30. The molecule has 40 heavy (non-hydrogen) atoms. The number of carbonyl (C=O) groups excluding carboxylic acids is 2. The van der Waals surface area contributed by atoms with Crippen molar-refractivity contribution in [1.82, 2.24) is 20.2 Å². The van der Waals surface area contributed by atoms with Crippen LogP contribution in [0.2, 0.25) is 0 Å². The maximum Gasteiger partial charge on any atom is 0.257 e. The van der Waals surface area contributed by atoms with Gasteiger partial charge < -0.3 is 30.9 Å². The Morgan fingerprint density at radius 2 is 1.88 bits per heavy atom. The van der Waals surface area contributed by atoms with Gasteiger partial charge in [0.25, 0.3) is 5.91 Å². The van der Waals surface area contributed by atoms with Gasteiger partial charge in [-0.25, -0.2) is 4.98 Å². The lowest BCUT2D eigenvalue weighted by Crippen LogP contribution is -2.59. The van der Waals surface area contributed by atoms with Crippen LogP contribution in [0.25, 0.3) is 0 Å². The van der Waals surface area contributed by atoms with E-state index in [0.717, 1.165) is 38.5 Å². The molecule has 0 spiro atoms. The Labute approximate surface area is 232 Å². The predicted octanol–water partition coefficient (Wildman–Crippen LogP) is 3.24. The molecule has 0 radical (unpaired) electrons. The van der Waals surface area contributed by atoms with Crippen molar-refractivity contribution in [2.75, 3.05) is 53.7 Å². The highest BCUT2D eigenvalue weighted by atomic mass is 16.5. The second-order valence-electron chi connectivity index (χ2n) is 10.2. The van der Waals surface area contributed by atoms with Crippen molar-refractivity contribution < 1.29 is 14.3 Å². The van der Waals surface area contributed by atoms with Crippen molar-refractivity contribution in [1.29, 1.82) is 0 Å². The second-order valence-corrected chi connectivity index (χ2v) is 10.2. The first-order valence-corrected chi connectivity index (χ1v) is 13.4. The third-order valence-corrected chi connectivity index (χ3v) is 7.46. The van der Waals surface area contributed by atoms with Crippen LogP contribution in [-0.2, 0) is 16.1 Å². The van der Waals surface area contributed by atoms with E-state index in [2.05, 4.69) is 66.7 Å². The van der Waals surface area contributed by atoms with Gasteiger partial charge in [-0.15, -0.1) is 0 Å². The minimum absolute atomic E-state index is 0.210. The zero-order valence-electron chi connectivity index (χ0n) is 22.3. The summed E-state index contributed by atoms with van der Waals surface area (Å²) < 4.78 is 5.37. The van der Waals surface area contributed by atoms with Crippen LogP contribution in [0.3, 0.4) is 0 Å². The van der Waals surface area contributed by atoms with E-state index in [9.17, 15) is 9.59 Å². The summed E-state index contributed by atoms with van der Waals surface area (Å²) in [4.78, 5) is 38.4. The molecule has 0 saturated carbocycles. The number of piperazine rings is 1. The lowest BCUT2D eigenvalue weighted by molar-refractivity contribution is -0.111. The van der Waals surface area contributed by atoms with Crippen LogP contribution in [0.15, 0.2) is 61.2 Å². The summed E-state index contributed by atoms with van der Waals surface area (Å²) in [6.07, 6.45) is 1.21. The highest BCUT2D eigenvalue weighted by molar-refractivity contribution is 6.03. The van der Waals surface area contributed by atoms with Gasteiger partial charge in [0.15, 0.2) is 0 Å². The van der Waals surface area contributed by atoms with Gasteiger partial charge in [0.2, 0.25) is 11.9 Å². The van der Waals surface area contributed by atoms with Crippen molar-refractivity contribution in [2.45, 2.75) is 25.6 Å². The van der Waals surface area contributed by atoms with Crippen molar-refractivity contribution in [3.05, 3.63) is 72.4 Å². The quantitative estimate of drug-likeness (QED) is 0.319. The fourth-order valence-corrected chi connectivity index (χ4v) is 5.28. The summed E-state index contributed by atoms with van der Waals surface area (Å²) >= 11 is 0. The molecule has 11 nitrogen and oxygen atoms in total. The number of nitrogens with one attached hydrogen (secondary N) is 4. The molecule has 1 aromatic heterocycles. The summed E-state index contributed by atoms with van der Waals surface area (Å²) in [6.45, 7) is 10.8. The minimum atomic E-state index is -0.298. The minimum Gasteiger partial charge on any atom is -0.378 e. The van der Waals surface area contributed by atoms with Crippen LogP contribution >= 0.6 is 0 Å². The van der Waals surface area contributed by atoms with E-state index in [1.807, 2.05) is 24.3 Å². The number of carbonyl (C=O) groups is 2. The molecule has 206 valence electrons. The molecule has 6 rings (SSSR count). The molecule has 0 aliphatic carbocycles. The zero-order chi connectivity index (χ0) is 27.6. The number of nitrogens with zero attached hydrogens (tertiary/aromatic N) is 4. The Balaban J connectivity index is 1.18. The van der Waals surface area contributed by atoms with Gasteiger partial charge in [0.1, 0.15) is 11.4 Å². The fourth-order valence-electron chi connectivity index (χ4n) is 5.28. The molecule has 2 aromatic carbocycles. The summed E-state index contributed by atoms with van der Waals surface area (Å²) in [5.74, 6) is 0.257. The molecule has 2 amide bonds. The number of ether oxygens (including phenoxy) is 1. The van der Waals surface area contributed by atoms with E-state index < -0.39 is 0 Å². The van der Waals surface area contributed by atoms with Gasteiger partial charge in [0.05, 0.1) is 31.5 Å². The molecule has 2 fully saturated rings. The van der Waals surface area contributed by atoms with E-state index in [1.54, 1.807) is 12.1 Å². The number of anilines is 6. The average Bonchev–Trinajstić information content (AvgIpc) is 3.29. The molecule has 4 heterocycles. The van der Waals surface area contributed by atoms with Crippen LogP contribution in [0, 0.1) is 0 Å². The Morgan fingerprint density at radius 1 is 1.07 bits per heavy atom. The number of fused-ring (bicyclic) bond motifs is 1. The van der Waals surface area contributed by atoms with Gasteiger partial charge in [-0.05, 0) is 55.5 Å². The van der Waals surface area contributed by atoms with E-state index >= 15 is 0 Å². The first-order chi connectivity index (χ1) is 19.5. The van der Waals surface area contributed by atoms with Crippen molar-refractivity contribution in [3.63, 3.8) is 0 Å². The van der Waals surface area contributed by atoms with Crippen molar-refractivity contribution in [2.24, 2.45) is 0 Å². The highest BCUT2D eigenvalue weighted by Gasteiger charge is 2.32. The molecular formula is C29H32N8O3. The Kier molecular flexibility index (Phi) is 7.06. The van der Waals surface area contributed by atoms with Crippen LogP contribution < -0.4 is 26.2 Å². The summed E-state index contributed by atoms with van der Waals surface area (Å²) in [6, 6.07) is 16.4. The summed E-state index contributed by atoms with van der Waals surface area (Å²) in [5.41, 5.74) is 4.33. The van der Waals surface area contributed by atoms with Gasteiger partial charge >= 0.3 is 0 Å². The monoisotopic (exact) mass is 540 g/mol. The lowest BCUT2D eigenvalue weighted by Gasteiger charge is -2.46. The molecule has 0 bridgehead atoms. The van der Waals surface area contributed by atoms with Crippen molar-refractivity contribution >= 4 is 46.3 Å². The number of amides is 2. The molecule has 11 heteroatoms. The molecule has 3 aromatic rings. The van der Waals surface area contributed by atoms with Crippen LogP contribution in [0.5, 0.6) is 0 Å². The number of hydrogen-bond acceptors (Lipinski definition) is 9. The Hall–Kier alpha value is -4.48. The van der Waals surface area contributed by atoms with Gasteiger partial charge in [-0.1, -0.05) is 12.6 Å².